The van der Waals surface area contributed by atoms with Gasteiger partial charge in [-0.3, -0.25) is 4.98 Å². The second-order valence-corrected chi connectivity index (χ2v) is 5.81. The zero-order chi connectivity index (χ0) is 15.9. The Morgan fingerprint density at radius 3 is 2.71 bits per heavy atom. The number of aromatic nitrogens is 4. The summed E-state index contributed by atoms with van der Waals surface area (Å²) in [5.41, 5.74) is 6.86. The number of aromatic amines is 1. The fraction of sp³-hybridized carbons (Fsp3) is 0. The number of fused-ring (bicyclic) bond motifs is 2. The highest BCUT2D eigenvalue weighted by Gasteiger charge is 2.11. The molecule has 5 rings (SSSR count). The lowest BCUT2D eigenvalue weighted by molar-refractivity contribution is 1.16. The summed E-state index contributed by atoms with van der Waals surface area (Å²) in [6.45, 7) is 0. The van der Waals surface area contributed by atoms with Crippen molar-refractivity contribution in [2.75, 3.05) is 0 Å². The SMILES string of the molecule is c1cc(-c2cc(-c3ccncc3)c3cncn3c2)c2[nH]ccc2c1. The van der Waals surface area contributed by atoms with Crippen molar-refractivity contribution in [3.8, 4) is 22.3 Å². The first-order valence-corrected chi connectivity index (χ1v) is 7.83. The maximum absolute atomic E-state index is 4.31. The van der Waals surface area contributed by atoms with Crippen molar-refractivity contribution < 1.29 is 0 Å². The van der Waals surface area contributed by atoms with Crippen LogP contribution in [0.4, 0.5) is 0 Å². The van der Waals surface area contributed by atoms with Gasteiger partial charge in [-0.05, 0) is 35.2 Å². The highest BCUT2D eigenvalue weighted by molar-refractivity contribution is 5.95. The summed E-state index contributed by atoms with van der Waals surface area (Å²) in [4.78, 5) is 11.8. The number of rotatable bonds is 2. The van der Waals surface area contributed by atoms with Gasteiger partial charge in [0.25, 0.3) is 0 Å². The van der Waals surface area contributed by atoms with Gasteiger partial charge in [0.05, 0.1) is 23.6 Å². The molecule has 0 fully saturated rings. The zero-order valence-corrected chi connectivity index (χ0v) is 12.8. The number of nitrogens with one attached hydrogen (secondary N) is 1. The Morgan fingerprint density at radius 2 is 1.79 bits per heavy atom. The van der Waals surface area contributed by atoms with Crippen LogP contribution in [0, 0.1) is 0 Å². The van der Waals surface area contributed by atoms with E-state index >= 15 is 0 Å². The molecule has 4 heterocycles. The predicted molar refractivity (Wildman–Crippen MR) is 95.7 cm³/mol. The molecule has 4 aromatic heterocycles. The van der Waals surface area contributed by atoms with Gasteiger partial charge in [-0.25, -0.2) is 4.98 Å². The second-order valence-electron chi connectivity index (χ2n) is 5.81. The summed E-state index contributed by atoms with van der Waals surface area (Å²) in [7, 11) is 0. The van der Waals surface area contributed by atoms with Crippen LogP contribution in [-0.2, 0) is 0 Å². The lowest BCUT2D eigenvalue weighted by atomic mass is 9.99. The Hall–Kier alpha value is -3.40. The van der Waals surface area contributed by atoms with Gasteiger partial charge < -0.3 is 9.38 Å². The van der Waals surface area contributed by atoms with Crippen molar-refractivity contribution in [3.63, 3.8) is 0 Å². The maximum Gasteiger partial charge on any atom is 0.0992 e. The highest BCUT2D eigenvalue weighted by atomic mass is 15.0. The first-order valence-electron chi connectivity index (χ1n) is 7.83. The van der Waals surface area contributed by atoms with E-state index in [-0.39, 0.29) is 0 Å². The number of H-pyrrole nitrogens is 1. The van der Waals surface area contributed by atoms with E-state index in [1.165, 1.54) is 10.9 Å². The molecule has 24 heavy (non-hydrogen) atoms. The number of benzene rings is 1. The molecule has 5 aromatic rings. The minimum absolute atomic E-state index is 1.09. The van der Waals surface area contributed by atoms with E-state index < -0.39 is 0 Å². The summed E-state index contributed by atoms with van der Waals surface area (Å²) < 4.78 is 2.08. The molecule has 0 bridgehead atoms. The highest BCUT2D eigenvalue weighted by Crippen LogP contribution is 2.33. The van der Waals surface area contributed by atoms with E-state index in [1.54, 1.807) is 0 Å². The normalized spacial score (nSPS) is 11.3. The van der Waals surface area contributed by atoms with Crippen molar-refractivity contribution in [3.05, 3.63) is 79.8 Å². The van der Waals surface area contributed by atoms with Crippen LogP contribution in [0.15, 0.2) is 79.8 Å². The Morgan fingerprint density at radius 1 is 0.875 bits per heavy atom. The van der Waals surface area contributed by atoms with E-state index in [1.807, 2.05) is 43.2 Å². The van der Waals surface area contributed by atoms with Crippen molar-refractivity contribution in [2.45, 2.75) is 0 Å². The molecule has 0 radical (unpaired) electrons. The van der Waals surface area contributed by atoms with Gasteiger partial charge in [-0.1, -0.05) is 18.2 Å². The first kappa shape index (κ1) is 13.1. The molecule has 0 aliphatic carbocycles. The van der Waals surface area contributed by atoms with Crippen LogP contribution in [0.3, 0.4) is 0 Å². The summed E-state index contributed by atoms with van der Waals surface area (Å²) in [6.07, 6.45) is 11.5. The molecule has 0 unspecified atom stereocenters. The summed E-state index contributed by atoms with van der Waals surface area (Å²) in [6, 6.07) is 14.7. The molecule has 0 spiro atoms. The second kappa shape index (κ2) is 5.06. The smallest absolute Gasteiger partial charge is 0.0992 e. The van der Waals surface area contributed by atoms with Gasteiger partial charge in [0, 0.05) is 41.5 Å². The molecule has 4 heteroatoms. The third-order valence-electron chi connectivity index (χ3n) is 4.41. The minimum atomic E-state index is 1.09. The quantitative estimate of drug-likeness (QED) is 0.520. The molecule has 0 saturated carbocycles. The predicted octanol–water partition coefficient (Wildman–Crippen LogP) is 4.54. The molecule has 114 valence electrons. The Kier molecular flexibility index (Phi) is 2.76. The minimum Gasteiger partial charge on any atom is -0.361 e. The molecule has 0 aliphatic rings. The van der Waals surface area contributed by atoms with Gasteiger partial charge in [-0.15, -0.1) is 0 Å². The van der Waals surface area contributed by atoms with Gasteiger partial charge in [-0.2, -0.15) is 0 Å². The third kappa shape index (κ3) is 1.93. The Bertz CT molecular complexity index is 1150. The monoisotopic (exact) mass is 310 g/mol. The molecule has 1 aromatic carbocycles. The van der Waals surface area contributed by atoms with Gasteiger partial charge in [0.1, 0.15) is 0 Å². The molecule has 0 atom stereocenters. The molecule has 0 aliphatic heterocycles. The van der Waals surface area contributed by atoms with Crippen molar-refractivity contribution in [2.24, 2.45) is 0 Å². The third-order valence-corrected chi connectivity index (χ3v) is 4.41. The van der Waals surface area contributed by atoms with Crippen LogP contribution < -0.4 is 0 Å². The van der Waals surface area contributed by atoms with Crippen LogP contribution in [0.25, 0.3) is 38.7 Å². The molecular weight excluding hydrogens is 296 g/mol. The lowest BCUT2D eigenvalue weighted by Crippen LogP contribution is -1.91. The number of hydrogen-bond donors (Lipinski definition) is 1. The number of para-hydroxylation sites is 1. The van der Waals surface area contributed by atoms with Crippen molar-refractivity contribution >= 4 is 16.4 Å². The first-order chi connectivity index (χ1) is 11.9. The number of pyridine rings is 2. The van der Waals surface area contributed by atoms with E-state index in [9.17, 15) is 0 Å². The van der Waals surface area contributed by atoms with Crippen LogP contribution in [0.5, 0.6) is 0 Å². The Labute approximate surface area is 138 Å². The van der Waals surface area contributed by atoms with Gasteiger partial charge in [0.15, 0.2) is 0 Å². The zero-order valence-electron chi connectivity index (χ0n) is 12.8. The largest absolute Gasteiger partial charge is 0.361 e. The fourth-order valence-electron chi connectivity index (χ4n) is 3.27. The van der Waals surface area contributed by atoms with Crippen LogP contribution >= 0.6 is 0 Å². The van der Waals surface area contributed by atoms with Gasteiger partial charge in [0.2, 0.25) is 0 Å². The molecule has 0 amide bonds. The van der Waals surface area contributed by atoms with E-state index in [2.05, 4.69) is 55.9 Å². The van der Waals surface area contributed by atoms with Crippen LogP contribution in [-0.4, -0.2) is 19.4 Å². The lowest BCUT2D eigenvalue weighted by Gasteiger charge is -2.10. The Balaban J connectivity index is 1.83. The average molecular weight is 310 g/mol. The topological polar surface area (TPSA) is 46.0 Å². The summed E-state index contributed by atoms with van der Waals surface area (Å²) in [5, 5.41) is 1.21. The average Bonchev–Trinajstić information content (AvgIpc) is 3.30. The van der Waals surface area contributed by atoms with E-state index in [0.717, 1.165) is 27.7 Å². The van der Waals surface area contributed by atoms with Crippen LogP contribution in [0.2, 0.25) is 0 Å². The standard InChI is InChI=1S/C20H14N4/c1-2-15-6-9-23-20(15)17(3-1)16-10-18(14-4-7-21-8-5-14)19-11-22-13-24(19)12-16/h1-13,23H. The molecule has 0 saturated heterocycles. The molecular formula is C20H14N4. The summed E-state index contributed by atoms with van der Waals surface area (Å²) in [5.74, 6) is 0. The van der Waals surface area contributed by atoms with E-state index in [0.29, 0.717) is 0 Å². The number of imidazole rings is 1. The molecule has 4 nitrogen and oxygen atoms in total. The fourth-order valence-corrected chi connectivity index (χ4v) is 3.27. The van der Waals surface area contributed by atoms with Gasteiger partial charge >= 0.3 is 0 Å². The molecule has 1 N–H and O–H groups in total. The summed E-state index contributed by atoms with van der Waals surface area (Å²) >= 11 is 0. The maximum atomic E-state index is 4.31. The van der Waals surface area contributed by atoms with E-state index in [4.69, 9.17) is 0 Å². The van der Waals surface area contributed by atoms with Crippen molar-refractivity contribution in [1.82, 2.24) is 19.4 Å². The van der Waals surface area contributed by atoms with Crippen LogP contribution in [0.1, 0.15) is 0 Å². The number of hydrogen-bond acceptors (Lipinski definition) is 2. The van der Waals surface area contributed by atoms with Crippen molar-refractivity contribution in [1.29, 1.82) is 0 Å². The number of nitrogens with zero attached hydrogens (tertiary/aromatic N) is 3.